The molecule has 1 aliphatic rings. The Kier molecular flexibility index (Phi) is 2.82. The lowest BCUT2D eigenvalue weighted by Crippen LogP contribution is -2.25. The topological polar surface area (TPSA) is 3.24 Å². The molecule has 3 heteroatoms. The standard InChI is InChI=1S/C8H15F2N/c1-8(9,10)4-7-11-5-2-3-6-11/h2-7H2,1H3. The largest absolute Gasteiger partial charge is 0.303 e. The minimum atomic E-state index is -2.48. The molecule has 0 aromatic heterocycles. The molecular weight excluding hydrogens is 148 g/mol. The number of hydrogen-bond acceptors (Lipinski definition) is 1. The first-order valence-corrected chi connectivity index (χ1v) is 4.18. The highest BCUT2D eigenvalue weighted by atomic mass is 19.3. The van der Waals surface area contributed by atoms with E-state index in [1.165, 1.54) is 12.8 Å². The summed E-state index contributed by atoms with van der Waals surface area (Å²) in [4.78, 5) is 2.11. The lowest BCUT2D eigenvalue weighted by molar-refractivity contribution is 0.00509. The molecule has 1 fully saturated rings. The fourth-order valence-electron chi connectivity index (χ4n) is 1.36. The van der Waals surface area contributed by atoms with Gasteiger partial charge >= 0.3 is 0 Å². The van der Waals surface area contributed by atoms with E-state index in [0.29, 0.717) is 6.54 Å². The molecule has 11 heavy (non-hydrogen) atoms. The van der Waals surface area contributed by atoms with Crippen LogP contribution < -0.4 is 0 Å². The van der Waals surface area contributed by atoms with Crippen molar-refractivity contribution in [2.24, 2.45) is 0 Å². The molecule has 66 valence electrons. The fraction of sp³-hybridized carbons (Fsp3) is 1.00. The normalized spacial score (nSPS) is 21.0. The lowest BCUT2D eigenvalue weighted by Gasteiger charge is -2.17. The predicted molar refractivity (Wildman–Crippen MR) is 40.9 cm³/mol. The Labute approximate surface area is 66.4 Å². The summed E-state index contributed by atoms with van der Waals surface area (Å²) in [6, 6.07) is 0. The monoisotopic (exact) mass is 163 g/mol. The van der Waals surface area contributed by atoms with Crippen LogP contribution in [-0.2, 0) is 0 Å². The molecule has 1 heterocycles. The molecule has 1 nitrogen and oxygen atoms in total. The van der Waals surface area contributed by atoms with E-state index in [1.807, 2.05) is 0 Å². The minimum Gasteiger partial charge on any atom is -0.303 e. The molecule has 1 aliphatic heterocycles. The van der Waals surface area contributed by atoms with Gasteiger partial charge in [0.25, 0.3) is 0 Å². The van der Waals surface area contributed by atoms with E-state index in [4.69, 9.17) is 0 Å². The number of likely N-dealkylation sites (tertiary alicyclic amines) is 1. The summed E-state index contributed by atoms with van der Waals surface area (Å²) in [5.74, 6) is -2.48. The third-order valence-electron chi connectivity index (χ3n) is 2.07. The summed E-state index contributed by atoms with van der Waals surface area (Å²) in [5, 5.41) is 0. The first-order chi connectivity index (χ1) is 5.08. The van der Waals surface area contributed by atoms with E-state index in [-0.39, 0.29) is 6.42 Å². The van der Waals surface area contributed by atoms with Crippen molar-refractivity contribution >= 4 is 0 Å². The molecule has 0 bridgehead atoms. The molecule has 0 radical (unpaired) electrons. The highest BCUT2D eigenvalue weighted by Crippen LogP contribution is 2.18. The number of nitrogens with zero attached hydrogens (tertiary/aromatic N) is 1. The third kappa shape index (κ3) is 3.65. The first kappa shape index (κ1) is 8.91. The summed E-state index contributed by atoms with van der Waals surface area (Å²) in [7, 11) is 0. The highest BCUT2D eigenvalue weighted by molar-refractivity contribution is 4.69. The van der Waals surface area contributed by atoms with E-state index in [1.54, 1.807) is 0 Å². The van der Waals surface area contributed by atoms with Crippen molar-refractivity contribution in [1.82, 2.24) is 4.90 Å². The van der Waals surface area contributed by atoms with Crippen LogP contribution in [-0.4, -0.2) is 30.5 Å². The Morgan fingerprint density at radius 1 is 1.27 bits per heavy atom. The van der Waals surface area contributed by atoms with Crippen molar-refractivity contribution in [2.75, 3.05) is 19.6 Å². The molecule has 0 unspecified atom stereocenters. The molecule has 1 saturated heterocycles. The van der Waals surface area contributed by atoms with Crippen LogP contribution in [0, 0.1) is 0 Å². The predicted octanol–water partition coefficient (Wildman–Crippen LogP) is 2.13. The van der Waals surface area contributed by atoms with Gasteiger partial charge in [0.05, 0.1) is 0 Å². The van der Waals surface area contributed by atoms with Crippen LogP contribution in [0.5, 0.6) is 0 Å². The molecule has 0 aliphatic carbocycles. The van der Waals surface area contributed by atoms with Gasteiger partial charge in [0.2, 0.25) is 5.92 Å². The maximum absolute atomic E-state index is 12.3. The summed E-state index contributed by atoms with van der Waals surface area (Å²) < 4.78 is 24.7. The maximum Gasteiger partial charge on any atom is 0.246 e. The number of rotatable bonds is 3. The van der Waals surface area contributed by atoms with Crippen molar-refractivity contribution in [2.45, 2.75) is 32.1 Å². The van der Waals surface area contributed by atoms with Crippen molar-refractivity contribution in [1.29, 1.82) is 0 Å². The Hall–Kier alpha value is -0.180. The second-order valence-corrected chi connectivity index (χ2v) is 3.37. The van der Waals surface area contributed by atoms with E-state index in [0.717, 1.165) is 20.0 Å². The van der Waals surface area contributed by atoms with Crippen molar-refractivity contribution < 1.29 is 8.78 Å². The van der Waals surface area contributed by atoms with Crippen LogP contribution in [0.4, 0.5) is 8.78 Å². The van der Waals surface area contributed by atoms with Crippen molar-refractivity contribution in [3.8, 4) is 0 Å². The van der Waals surface area contributed by atoms with Crippen LogP contribution in [0.3, 0.4) is 0 Å². The van der Waals surface area contributed by atoms with Crippen LogP contribution in [0.15, 0.2) is 0 Å². The quantitative estimate of drug-likeness (QED) is 0.616. The van der Waals surface area contributed by atoms with E-state index in [2.05, 4.69) is 4.90 Å². The van der Waals surface area contributed by atoms with Crippen molar-refractivity contribution in [3.05, 3.63) is 0 Å². The summed E-state index contributed by atoms with van der Waals surface area (Å²) in [5.41, 5.74) is 0. The van der Waals surface area contributed by atoms with Gasteiger partial charge in [-0.15, -0.1) is 0 Å². The van der Waals surface area contributed by atoms with Gasteiger partial charge in [-0.25, -0.2) is 8.78 Å². The SMILES string of the molecule is CC(F)(F)CCN1CCCC1. The molecule has 0 N–H and O–H groups in total. The van der Waals surface area contributed by atoms with Crippen molar-refractivity contribution in [3.63, 3.8) is 0 Å². The van der Waals surface area contributed by atoms with Crippen LogP contribution in [0.2, 0.25) is 0 Å². The molecular formula is C8H15F2N. The van der Waals surface area contributed by atoms with Gasteiger partial charge in [0.15, 0.2) is 0 Å². The van der Waals surface area contributed by atoms with Crippen LogP contribution >= 0.6 is 0 Å². The number of hydrogen-bond donors (Lipinski definition) is 0. The Bertz CT molecular complexity index is 114. The average Bonchev–Trinajstić information content (AvgIpc) is 2.32. The smallest absolute Gasteiger partial charge is 0.246 e. The van der Waals surface area contributed by atoms with Gasteiger partial charge in [-0.2, -0.15) is 0 Å². The van der Waals surface area contributed by atoms with Gasteiger partial charge < -0.3 is 4.90 Å². The van der Waals surface area contributed by atoms with Gasteiger partial charge in [-0.05, 0) is 32.9 Å². The van der Waals surface area contributed by atoms with Gasteiger partial charge in [-0.3, -0.25) is 0 Å². The lowest BCUT2D eigenvalue weighted by atomic mass is 10.2. The zero-order valence-corrected chi connectivity index (χ0v) is 6.95. The summed E-state index contributed by atoms with van der Waals surface area (Å²) in [6.07, 6.45) is 2.36. The fourth-order valence-corrected chi connectivity index (χ4v) is 1.36. The van der Waals surface area contributed by atoms with Gasteiger partial charge in [-0.1, -0.05) is 0 Å². The minimum absolute atomic E-state index is 0.00694. The zero-order valence-electron chi connectivity index (χ0n) is 6.95. The molecule has 0 saturated carbocycles. The van der Waals surface area contributed by atoms with Gasteiger partial charge in [0.1, 0.15) is 0 Å². The molecule has 0 aromatic rings. The number of alkyl halides is 2. The van der Waals surface area contributed by atoms with Gasteiger partial charge in [0, 0.05) is 13.0 Å². The second kappa shape index (κ2) is 3.48. The Morgan fingerprint density at radius 3 is 2.27 bits per heavy atom. The Morgan fingerprint density at radius 2 is 1.82 bits per heavy atom. The number of halogens is 2. The second-order valence-electron chi connectivity index (χ2n) is 3.37. The molecule has 0 aromatic carbocycles. The first-order valence-electron chi connectivity index (χ1n) is 4.18. The Balaban J connectivity index is 2.11. The molecule has 0 atom stereocenters. The molecule has 0 amide bonds. The highest BCUT2D eigenvalue weighted by Gasteiger charge is 2.22. The van der Waals surface area contributed by atoms with E-state index in [9.17, 15) is 8.78 Å². The average molecular weight is 163 g/mol. The van der Waals surface area contributed by atoms with E-state index < -0.39 is 5.92 Å². The van der Waals surface area contributed by atoms with Crippen LogP contribution in [0.25, 0.3) is 0 Å². The summed E-state index contributed by atoms with van der Waals surface area (Å²) in [6.45, 7) is 3.57. The third-order valence-corrected chi connectivity index (χ3v) is 2.07. The molecule has 1 rings (SSSR count). The summed E-state index contributed by atoms with van der Waals surface area (Å²) >= 11 is 0. The maximum atomic E-state index is 12.3. The zero-order chi connectivity index (χ0) is 8.32. The van der Waals surface area contributed by atoms with E-state index >= 15 is 0 Å². The van der Waals surface area contributed by atoms with Crippen LogP contribution in [0.1, 0.15) is 26.2 Å². The molecule has 0 spiro atoms.